The highest BCUT2D eigenvalue weighted by atomic mass is 15.1. The maximum Gasteiger partial charge on any atom is 0.0364 e. The molecule has 0 fully saturated rings. The third kappa shape index (κ3) is 2.44. The van der Waals surface area contributed by atoms with Crippen LogP contribution in [0.15, 0.2) is 48.5 Å². The van der Waals surface area contributed by atoms with Crippen LogP contribution in [0.25, 0.3) is 0 Å². The van der Waals surface area contributed by atoms with E-state index in [4.69, 9.17) is 5.73 Å². The number of nitrogens with two attached hydrogens (primary N) is 1. The fourth-order valence-electron chi connectivity index (χ4n) is 3.05. The van der Waals surface area contributed by atoms with Crippen molar-refractivity contribution in [2.24, 2.45) is 5.73 Å². The van der Waals surface area contributed by atoms with Crippen LogP contribution in [-0.2, 0) is 6.42 Å². The standard InChI is InChI=1S/C18H22N2/c1-20(2)16-8-5-7-14(11-16)18(19)12-15-10-13-6-3-4-9-17(13)15/h3-9,11,15,18H,10,12,19H2,1-2H3. The molecule has 2 aromatic carbocycles. The van der Waals surface area contributed by atoms with Crippen molar-refractivity contribution >= 4 is 5.69 Å². The number of hydrogen-bond donors (Lipinski definition) is 1. The molecule has 0 aromatic heterocycles. The van der Waals surface area contributed by atoms with Crippen LogP contribution in [0.2, 0.25) is 0 Å². The summed E-state index contributed by atoms with van der Waals surface area (Å²) in [6.07, 6.45) is 2.21. The lowest BCUT2D eigenvalue weighted by molar-refractivity contribution is 0.498. The van der Waals surface area contributed by atoms with Crippen molar-refractivity contribution in [1.82, 2.24) is 0 Å². The van der Waals surface area contributed by atoms with E-state index in [-0.39, 0.29) is 6.04 Å². The average Bonchev–Trinajstić information content (AvgIpc) is 2.44. The molecule has 3 rings (SSSR count). The van der Waals surface area contributed by atoms with E-state index >= 15 is 0 Å². The van der Waals surface area contributed by atoms with E-state index < -0.39 is 0 Å². The summed E-state index contributed by atoms with van der Waals surface area (Å²) >= 11 is 0. The first-order chi connectivity index (χ1) is 9.65. The Labute approximate surface area is 121 Å². The predicted molar refractivity (Wildman–Crippen MR) is 85.2 cm³/mol. The molecule has 0 bridgehead atoms. The molecular formula is C18H22N2. The molecule has 0 aliphatic heterocycles. The Kier molecular flexibility index (Phi) is 3.49. The first kappa shape index (κ1) is 13.2. The minimum Gasteiger partial charge on any atom is -0.378 e. The summed E-state index contributed by atoms with van der Waals surface area (Å²) in [6, 6.07) is 17.4. The highest BCUT2D eigenvalue weighted by molar-refractivity contribution is 5.48. The van der Waals surface area contributed by atoms with Crippen LogP contribution in [-0.4, -0.2) is 14.1 Å². The third-order valence-electron chi connectivity index (χ3n) is 4.31. The summed E-state index contributed by atoms with van der Waals surface area (Å²) in [5, 5.41) is 0. The average molecular weight is 266 g/mol. The van der Waals surface area contributed by atoms with Crippen LogP contribution < -0.4 is 10.6 Å². The van der Waals surface area contributed by atoms with Gasteiger partial charge in [-0.05, 0) is 47.6 Å². The number of hydrogen-bond acceptors (Lipinski definition) is 2. The zero-order valence-corrected chi connectivity index (χ0v) is 12.2. The Hall–Kier alpha value is -1.80. The number of fused-ring (bicyclic) bond motifs is 1. The van der Waals surface area contributed by atoms with E-state index in [2.05, 4.69) is 67.5 Å². The minimum atomic E-state index is 0.119. The van der Waals surface area contributed by atoms with Crippen LogP contribution in [0, 0.1) is 0 Å². The summed E-state index contributed by atoms with van der Waals surface area (Å²) in [5.74, 6) is 0.629. The van der Waals surface area contributed by atoms with Crippen molar-refractivity contribution in [2.45, 2.75) is 24.8 Å². The number of benzene rings is 2. The smallest absolute Gasteiger partial charge is 0.0364 e. The Balaban J connectivity index is 1.72. The summed E-state index contributed by atoms with van der Waals surface area (Å²) < 4.78 is 0. The zero-order valence-electron chi connectivity index (χ0n) is 12.2. The second kappa shape index (κ2) is 5.29. The van der Waals surface area contributed by atoms with Gasteiger partial charge in [-0.25, -0.2) is 0 Å². The molecule has 0 saturated heterocycles. The molecule has 0 heterocycles. The number of anilines is 1. The van der Waals surface area contributed by atoms with E-state index in [1.54, 1.807) is 0 Å². The Morgan fingerprint density at radius 1 is 1.15 bits per heavy atom. The van der Waals surface area contributed by atoms with Gasteiger partial charge in [0.1, 0.15) is 0 Å². The summed E-state index contributed by atoms with van der Waals surface area (Å²) in [5.41, 5.74) is 11.8. The van der Waals surface area contributed by atoms with Crippen molar-refractivity contribution in [1.29, 1.82) is 0 Å². The van der Waals surface area contributed by atoms with Crippen LogP contribution >= 0.6 is 0 Å². The Morgan fingerprint density at radius 2 is 1.95 bits per heavy atom. The van der Waals surface area contributed by atoms with Gasteiger partial charge in [0.05, 0.1) is 0 Å². The molecule has 0 spiro atoms. The molecule has 2 heteroatoms. The lowest BCUT2D eigenvalue weighted by atomic mass is 9.74. The summed E-state index contributed by atoms with van der Waals surface area (Å²) in [4.78, 5) is 2.12. The summed E-state index contributed by atoms with van der Waals surface area (Å²) in [7, 11) is 4.12. The number of nitrogens with zero attached hydrogens (tertiary/aromatic N) is 1. The summed E-state index contributed by atoms with van der Waals surface area (Å²) in [6.45, 7) is 0. The molecular weight excluding hydrogens is 244 g/mol. The highest BCUT2D eigenvalue weighted by Crippen LogP contribution is 2.40. The predicted octanol–water partition coefficient (Wildman–Crippen LogP) is 3.48. The van der Waals surface area contributed by atoms with E-state index in [1.807, 2.05) is 0 Å². The molecule has 2 nitrogen and oxygen atoms in total. The molecule has 0 radical (unpaired) electrons. The van der Waals surface area contributed by atoms with Gasteiger partial charge < -0.3 is 10.6 Å². The van der Waals surface area contributed by atoms with Crippen LogP contribution in [0.1, 0.15) is 35.1 Å². The number of rotatable bonds is 4. The largest absolute Gasteiger partial charge is 0.378 e. The second-order valence-electron chi connectivity index (χ2n) is 5.93. The van der Waals surface area contributed by atoms with Crippen molar-refractivity contribution in [3.05, 3.63) is 65.2 Å². The fraction of sp³-hybridized carbons (Fsp3) is 0.333. The van der Waals surface area contributed by atoms with Gasteiger partial charge in [-0.3, -0.25) is 0 Å². The van der Waals surface area contributed by atoms with Gasteiger partial charge in [-0.1, -0.05) is 36.4 Å². The third-order valence-corrected chi connectivity index (χ3v) is 4.31. The molecule has 1 aliphatic carbocycles. The normalized spacial score (nSPS) is 18.1. The van der Waals surface area contributed by atoms with E-state index in [0.717, 1.165) is 6.42 Å². The second-order valence-corrected chi connectivity index (χ2v) is 5.93. The van der Waals surface area contributed by atoms with Gasteiger partial charge in [-0.15, -0.1) is 0 Å². The quantitative estimate of drug-likeness (QED) is 0.918. The molecule has 20 heavy (non-hydrogen) atoms. The van der Waals surface area contributed by atoms with Gasteiger partial charge in [0.15, 0.2) is 0 Å². The van der Waals surface area contributed by atoms with Crippen molar-refractivity contribution < 1.29 is 0 Å². The van der Waals surface area contributed by atoms with Crippen molar-refractivity contribution in [3.8, 4) is 0 Å². The van der Waals surface area contributed by atoms with E-state index in [9.17, 15) is 0 Å². The Bertz CT molecular complexity index is 604. The first-order valence-corrected chi connectivity index (χ1v) is 7.26. The molecule has 2 aromatic rings. The lowest BCUT2D eigenvalue weighted by Gasteiger charge is -2.32. The molecule has 1 aliphatic rings. The Morgan fingerprint density at radius 3 is 2.70 bits per heavy atom. The molecule has 2 N–H and O–H groups in total. The van der Waals surface area contributed by atoms with Gasteiger partial charge in [0, 0.05) is 25.8 Å². The fourth-order valence-corrected chi connectivity index (χ4v) is 3.05. The van der Waals surface area contributed by atoms with E-state index in [1.165, 1.54) is 28.8 Å². The van der Waals surface area contributed by atoms with Gasteiger partial charge in [-0.2, -0.15) is 0 Å². The topological polar surface area (TPSA) is 29.3 Å². The van der Waals surface area contributed by atoms with Crippen LogP contribution in [0.3, 0.4) is 0 Å². The monoisotopic (exact) mass is 266 g/mol. The molecule has 2 unspecified atom stereocenters. The SMILES string of the molecule is CN(C)c1cccc(C(N)CC2Cc3ccccc32)c1. The maximum absolute atomic E-state index is 6.41. The minimum absolute atomic E-state index is 0.119. The first-order valence-electron chi connectivity index (χ1n) is 7.26. The van der Waals surface area contributed by atoms with Gasteiger partial charge >= 0.3 is 0 Å². The van der Waals surface area contributed by atoms with E-state index in [0.29, 0.717) is 5.92 Å². The molecule has 0 saturated carbocycles. The lowest BCUT2D eigenvalue weighted by Crippen LogP contribution is -2.23. The highest BCUT2D eigenvalue weighted by Gasteiger charge is 2.27. The molecule has 104 valence electrons. The van der Waals surface area contributed by atoms with Crippen molar-refractivity contribution in [3.63, 3.8) is 0 Å². The molecule has 0 amide bonds. The van der Waals surface area contributed by atoms with Gasteiger partial charge in [0.25, 0.3) is 0 Å². The van der Waals surface area contributed by atoms with Crippen LogP contribution in [0.4, 0.5) is 5.69 Å². The van der Waals surface area contributed by atoms with Crippen LogP contribution in [0.5, 0.6) is 0 Å². The van der Waals surface area contributed by atoms with Crippen molar-refractivity contribution in [2.75, 3.05) is 19.0 Å². The maximum atomic E-state index is 6.41. The van der Waals surface area contributed by atoms with Gasteiger partial charge in [0.2, 0.25) is 0 Å². The molecule has 2 atom stereocenters. The zero-order chi connectivity index (χ0) is 14.1.